The summed E-state index contributed by atoms with van der Waals surface area (Å²) < 4.78 is 5.12. The Morgan fingerprint density at radius 2 is 1.86 bits per heavy atom. The first-order chi connectivity index (χ1) is 17.8. The van der Waals surface area contributed by atoms with Gasteiger partial charge in [0.25, 0.3) is 0 Å². The Bertz CT molecular complexity index is 1110. The summed E-state index contributed by atoms with van der Waals surface area (Å²) in [6.07, 6.45) is 8.73. The van der Waals surface area contributed by atoms with Gasteiger partial charge in [-0.3, -0.25) is 9.69 Å². The lowest BCUT2D eigenvalue weighted by Gasteiger charge is -2.51. The third kappa shape index (κ3) is 4.89. The molecule has 3 aliphatic rings. The summed E-state index contributed by atoms with van der Waals surface area (Å²) in [6, 6.07) is 12.3. The van der Waals surface area contributed by atoms with Crippen molar-refractivity contribution in [1.82, 2.24) is 24.7 Å². The molecule has 1 aromatic carbocycles. The molecular formula is C28H38N6O3. The van der Waals surface area contributed by atoms with Gasteiger partial charge in [0.2, 0.25) is 11.8 Å². The summed E-state index contributed by atoms with van der Waals surface area (Å²) in [5.74, 6) is 1.04. The van der Waals surface area contributed by atoms with E-state index in [1.165, 1.54) is 38.3 Å². The highest BCUT2D eigenvalue weighted by atomic mass is 16.5. The number of aromatic nitrogens is 2. The van der Waals surface area contributed by atoms with Crippen LogP contribution in [-0.2, 0) is 10.3 Å². The number of rotatable bonds is 8. The fraction of sp³-hybridized carbons (Fsp3) is 0.571. The van der Waals surface area contributed by atoms with Crippen LogP contribution in [0.25, 0.3) is 0 Å². The van der Waals surface area contributed by atoms with E-state index >= 15 is 0 Å². The number of anilines is 1. The molecule has 9 heteroatoms. The quantitative estimate of drug-likeness (QED) is 0.587. The van der Waals surface area contributed by atoms with E-state index in [1.807, 2.05) is 0 Å². The van der Waals surface area contributed by atoms with Gasteiger partial charge in [0.15, 0.2) is 0 Å². The molecule has 0 bridgehead atoms. The van der Waals surface area contributed by atoms with Crippen LogP contribution in [0.2, 0.25) is 0 Å². The molecule has 1 spiro atoms. The van der Waals surface area contributed by atoms with Crippen molar-refractivity contribution in [2.75, 3.05) is 46.2 Å². The van der Waals surface area contributed by atoms with Crippen molar-refractivity contribution < 1.29 is 14.3 Å². The summed E-state index contributed by atoms with van der Waals surface area (Å²) in [5.41, 5.74) is 1.05. The SMILES string of the molecule is COc1cc(NC(=O)CN2C[C@]3(CC[C@](c4ccccc4)(N(C)C)CC3)N(CC3CCC3)C2=O)ncn1. The normalized spacial score (nSPS) is 26.0. The highest BCUT2D eigenvalue weighted by Gasteiger charge is 2.55. The number of carbonyl (C=O) groups is 2. The first-order valence-corrected chi connectivity index (χ1v) is 13.3. The number of ether oxygens (including phenoxy) is 1. The molecule has 2 heterocycles. The third-order valence-electron chi connectivity index (χ3n) is 8.85. The van der Waals surface area contributed by atoms with Crippen LogP contribution in [0.4, 0.5) is 10.6 Å². The van der Waals surface area contributed by atoms with Crippen LogP contribution in [-0.4, -0.2) is 83.0 Å². The first-order valence-electron chi connectivity index (χ1n) is 13.3. The number of amides is 3. The second-order valence-corrected chi connectivity index (χ2v) is 11.1. The monoisotopic (exact) mass is 506 g/mol. The van der Waals surface area contributed by atoms with E-state index < -0.39 is 0 Å². The van der Waals surface area contributed by atoms with Gasteiger partial charge in [0, 0.05) is 24.7 Å². The molecule has 0 radical (unpaired) electrons. The fourth-order valence-electron chi connectivity index (χ4n) is 6.39. The molecule has 1 N–H and O–H groups in total. The van der Waals surface area contributed by atoms with E-state index in [-0.39, 0.29) is 29.6 Å². The van der Waals surface area contributed by atoms with Crippen LogP contribution >= 0.6 is 0 Å². The number of benzene rings is 1. The molecule has 5 rings (SSSR count). The van der Waals surface area contributed by atoms with Crippen molar-refractivity contribution in [2.24, 2.45) is 5.92 Å². The van der Waals surface area contributed by atoms with Crippen LogP contribution in [0, 0.1) is 5.92 Å². The first kappa shape index (κ1) is 25.4. The van der Waals surface area contributed by atoms with E-state index in [1.54, 1.807) is 11.0 Å². The summed E-state index contributed by atoms with van der Waals surface area (Å²) in [4.78, 5) is 40.9. The lowest BCUT2D eigenvalue weighted by atomic mass is 9.68. The molecule has 2 saturated carbocycles. The molecule has 1 aliphatic heterocycles. The summed E-state index contributed by atoms with van der Waals surface area (Å²) in [5, 5.41) is 2.79. The molecule has 0 unspecified atom stereocenters. The number of hydrogen-bond acceptors (Lipinski definition) is 6. The molecule has 3 fully saturated rings. The van der Waals surface area contributed by atoms with Crippen LogP contribution in [0.5, 0.6) is 5.88 Å². The Hall–Kier alpha value is -3.20. The third-order valence-corrected chi connectivity index (χ3v) is 8.85. The van der Waals surface area contributed by atoms with Gasteiger partial charge in [0.1, 0.15) is 18.7 Å². The molecule has 1 aromatic heterocycles. The number of carbonyl (C=O) groups excluding carboxylic acids is 2. The number of hydrogen-bond donors (Lipinski definition) is 1. The topological polar surface area (TPSA) is 90.9 Å². The zero-order valence-corrected chi connectivity index (χ0v) is 22.2. The van der Waals surface area contributed by atoms with Gasteiger partial charge >= 0.3 is 6.03 Å². The second kappa shape index (κ2) is 10.3. The van der Waals surface area contributed by atoms with E-state index in [9.17, 15) is 9.59 Å². The van der Waals surface area contributed by atoms with Crippen LogP contribution in [0.1, 0.15) is 50.5 Å². The Balaban J connectivity index is 1.33. The fourth-order valence-corrected chi connectivity index (χ4v) is 6.39. The molecule has 37 heavy (non-hydrogen) atoms. The zero-order valence-electron chi connectivity index (χ0n) is 22.2. The average Bonchev–Trinajstić information content (AvgIpc) is 3.12. The Morgan fingerprint density at radius 3 is 2.49 bits per heavy atom. The van der Waals surface area contributed by atoms with E-state index in [4.69, 9.17) is 4.74 Å². The Labute approximate surface area is 219 Å². The lowest BCUT2D eigenvalue weighted by molar-refractivity contribution is -0.116. The highest BCUT2D eigenvalue weighted by Crippen LogP contribution is 2.49. The minimum Gasteiger partial charge on any atom is -0.481 e. The van der Waals surface area contributed by atoms with Crippen molar-refractivity contribution in [3.63, 3.8) is 0 Å². The van der Waals surface area contributed by atoms with Crippen molar-refractivity contribution in [1.29, 1.82) is 0 Å². The van der Waals surface area contributed by atoms with Gasteiger partial charge in [-0.1, -0.05) is 36.8 Å². The van der Waals surface area contributed by atoms with Gasteiger partial charge in [-0.2, -0.15) is 0 Å². The predicted molar refractivity (Wildman–Crippen MR) is 141 cm³/mol. The van der Waals surface area contributed by atoms with Crippen molar-refractivity contribution in [2.45, 2.75) is 56.0 Å². The molecule has 2 aromatic rings. The van der Waals surface area contributed by atoms with Crippen molar-refractivity contribution >= 4 is 17.8 Å². The zero-order chi connectivity index (χ0) is 26.0. The van der Waals surface area contributed by atoms with Gasteiger partial charge in [-0.25, -0.2) is 14.8 Å². The molecule has 198 valence electrons. The minimum atomic E-state index is -0.266. The maximum absolute atomic E-state index is 13.7. The number of urea groups is 1. The number of nitrogens with zero attached hydrogens (tertiary/aromatic N) is 5. The van der Waals surface area contributed by atoms with Crippen LogP contribution in [0.15, 0.2) is 42.7 Å². The number of methoxy groups -OCH3 is 1. The highest BCUT2D eigenvalue weighted by molar-refractivity contribution is 5.94. The molecule has 9 nitrogen and oxygen atoms in total. The Morgan fingerprint density at radius 1 is 1.14 bits per heavy atom. The largest absolute Gasteiger partial charge is 0.481 e. The Kier molecular flexibility index (Phi) is 7.07. The van der Waals surface area contributed by atoms with Gasteiger partial charge < -0.3 is 19.9 Å². The van der Waals surface area contributed by atoms with Crippen molar-refractivity contribution in [3.05, 3.63) is 48.3 Å². The summed E-state index contributed by atoms with van der Waals surface area (Å²) in [7, 11) is 5.84. The van der Waals surface area contributed by atoms with E-state index in [2.05, 4.69) is 69.5 Å². The van der Waals surface area contributed by atoms with Crippen LogP contribution < -0.4 is 10.1 Å². The van der Waals surface area contributed by atoms with Gasteiger partial charge in [-0.15, -0.1) is 0 Å². The molecule has 0 atom stereocenters. The van der Waals surface area contributed by atoms with E-state index in [0.717, 1.165) is 32.2 Å². The van der Waals surface area contributed by atoms with Crippen molar-refractivity contribution in [3.8, 4) is 5.88 Å². The maximum atomic E-state index is 13.7. The number of nitrogens with one attached hydrogen (secondary N) is 1. The average molecular weight is 507 g/mol. The maximum Gasteiger partial charge on any atom is 0.321 e. The summed E-state index contributed by atoms with van der Waals surface area (Å²) >= 11 is 0. The smallest absolute Gasteiger partial charge is 0.321 e. The standard InChI is InChI=1S/C28H38N6O3/c1-32(2)28(22-10-5-4-6-11-22)14-12-27(13-15-28)19-33(26(36)34(27)17-21-8-7-9-21)18-24(35)31-23-16-25(37-3)30-20-29-23/h4-6,10-11,16,20-21H,7-9,12-15,17-19H2,1-3H3,(H,29,30,31,35)/t27-,28+. The van der Waals surface area contributed by atoms with E-state index in [0.29, 0.717) is 24.2 Å². The lowest BCUT2D eigenvalue weighted by Crippen LogP contribution is -2.56. The predicted octanol–water partition coefficient (Wildman–Crippen LogP) is 3.73. The molecule has 2 aliphatic carbocycles. The van der Waals surface area contributed by atoms with Gasteiger partial charge in [0.05, 0.1) is 12.6 Å². The van der Waals surface area contributed by atoms with Crippen LogP contribution in [0.3, 0.4) is 0 Å². The van der Waals surface area contributed by atoms with Gasteiger partial charge in [-0.05, 0) is 64.1 Å². The summed E-state index contributed by atoms with van der Waals surface area (Å²) in [6.45, 7) is 1.38. The molecule has 1 saturated heterocycles. The molecule has 3 amide bonds. The minimum absolute atomic E-state index is 0.00553. The second-order valence-electron chi connectivity index (χ2n) is 11.1. The molecular weight excluding hydrogens is 468 g/mol.